The van der Waals surface area contributed by atoms with Crippen LogP contribution in [0.25, 0.3) is 16.5 Å². The second-order valence-electron chi connectivity index (χ2n) is 5.56. The van der Waals surface area contributed by atoms with E-state index in [1.807, 2.05) is 37.0 Å². The van der Waals surface area contributed by atoms with Gasteiger partial charge in [0.15, 0.2) is 16.5 Å². The van der Waals surface area contributed by atoms with Gasteiger partial charge in [-0.15, -0.1) is 16.4 Å². The molecule has 9 heteroatoms. The number of nitrogens with zero attached hydrogens (tertiary/aromatic N) is 8. The molecule has 0 unspecified atom stereocenters. The molecule has 0 fully saturated rings. The van der Waals surface area contributed by atoms with Gasteiger partial charge in [-0.05, 0) is 13.8 Å². The molecule has 0 radical (unpaired) electrons. The minimum atomic E-state index is 0.668. The zero-order chi connectivity index (χ0) is 16.7. The molecule has 0 bridgehead atoms. The highest BCUT2D eigenvalue weighted by molar-refractivity contribution is 7.12. The van der Waals surface area contributed by atoms with Crippen molar-refractivity contribution >= 4 is 17.0 Å². The lowest BCUT2D eigenvalue weighted by atomic mass is 10.3. The largest absolute Gasteiger partial charge is 0.256 e. The Balaban J connectivity index is 1.57. The molecule has 0 aliphatic heterocycles. The number of rotatable bonds is 4. The summed E-state index contributed by atoms with van der Waals surface area (Å²) in [6.07, 6.45) is 4.99. The molecule has 4 aromatic rings. The van der Waals surface area contributed by atoms with Crippen LogP contribution >= 0.6 is 11.3 Å². The fourth-order valence-corrected chi connectivity index (χ4v) is 3.09. The number of fused-ring (bicyclic) bond motifs is 1. The maximum absolute atomic E-state index is 4.60. The lowest BCUT2D eigenvalue weighted by Crippen LogP contribution is -2.03. The summed E-state index contributed by atoms with van der Waals surface area (Å²) in [7, 11) is 1.90. The van der Waals surface area contributed by atoms with Crippen molar-refractivity contribution in [3.8, 4) is 10.8 Å². The second-order valence-corrected chi connectivity index (χ2v) is 6.46. The fraction of sp³-hybridized carbons (Fsp3) is 0.333. The summed E-state index contributed by atoms with van der Waals surface area (Å²) in [5.41, 5.74) is 2.66. The van der Waals surface area contributed by atoms with Gasteiger partial charge >= 0.3 is 0 Å². The van der Waals surface area contributed by atoms with Crippen LogP contribution in [0.4, 0.5) is 0 Å². The highest BCUT2D eigenvalue weighted by Gasteiger charge is 2.13. The maximum Gasteiger partial charge on any atom is 0.210 e. The van der Waals surface area contributed by atoms with Gasteiger partial charge in [0.05, 0.1) is 11.4 Å². The van der Waals surface area contributed by atoms with Gasteiger partial charge in [-0.25, -0.2) is 19.5 Å². The number of thiazole rings is 1. The van der Waals surface area contributed by atoms with Gasteiger partial charge in [-0.2, -0.15) is 5.10 Å². The van der Waals surface area contributed by atoms with E-state index in [9.17, 15) is 0 Å². The normalized spacial score (nSPS) is 11.5. The Hall–Kier alpha value is -2.68. The molecule has 0 amide bonds. The standard InChI is InChI=1S/C15H16N8S/c1-9-8-17-10(2)14-18-11(20-23(9)14)4-5-12-19-13(21-22(12)3)15-16-6-7-24-15/h6-8H,4-5H2,1-3H3. The predicted molar refractivity (Wildman–Crippen MR) is 89.8 cm³/mol. The Morgan fingerprint density at radius 3 is 2.71 bits per heavy atom. The lowest BCUT2D eigenvalue weighted by Gasteiger charge is -1.97. The molecule has 122 valence electrons. The van der Waals surface area contributed by atoms with E-state index >= 15 is 0 Å². The van der Waals surface area contributed by atoms with E-state index in [4.69, 9.17) is 0 Å². The van der Waals surface area contributed by atoms with Crippen molar-refractivity contribution in [1.82, 2.24) is 39.3 Å². The first-order valence-electron chi connectivity index (χ1n) is 7.59. The molecular formula is C15H16N8S. The van der Waals surface area contributed by atoms with Gasteiger partial charge in [-0.3, -0.25) is 9.67 Å². The first kappa shape index (κ1) is 14.9. The first-order chi connectivity index (χ1) is 11.6. The minimum Gasteiger partial charge on any atom is -0.256 e. The third-order valence-electron chi connectivity index (χ3n) is 3.80. The summed E-state index contributed by atoms with van der Waals surface area (Å²) in [6.45, 7) is 3.91. The van der Waals surface area contributed by atoms with Crippen LogP contribution in [-0.4, -0.2) is 39.3 Å². The second kappa shape index (κ2) is 5.75. The Kier molecular flexibility index (Phi) is 3.57. The van der Waals surface area contributed by atoms with Gasteiger partial charge in [0.25, 0.3) is 0 Å². The Morgan fingerprint density at radius 1 is 1.08 bits per heavy atom. The van der Waals surface area contributed by atoms with Crippen molar-refractivity contribution in [2.75, 3.05) is 0 Å². The highest BCUT2D eigenvalue weighted by Crippen LogP contribution is 2.18. The maximum atomic E-state index is 4.60. The number of aromatic nitrogens is 8. The molecule has 0 saturated heterocycles. The molecule has 4 heterocycles. The first-order valence-corrected chi connectivity index (χ1v) is 8.47. The molecule has 0 aliphatic carbocycles. The van der Waals surface area contributed by atoms with Crippen LogP contribution in [0.15, 0.2) is 17.8 Å². The Morgan fingerprint density at radius 2 is 1.96 bits per heavy atom. The summed E-state index contributed by atoms with van der Waals surface area (Å²) in [6, 6.07) is 0. The zero-order valence-corrected chi connectivity index (χ0v) is 14.4. The summed E-state index contributed by atoms with van der Waals surface area (Å²) >= 11 is 1.53. The van der Waals surface area contributed by atoms with Crippen molar-refractivity contribution in [1.29, 1.82) is 0 Å². The lowest BCUT2D eigenvalue weighted by molar-refractivity contribution is 0.683. The van der Waals surface area contributed by atoms with Crippen LogP contribution in [0.3, 0.4) is 0 Å². The summed E-state index contributed by atoms with van der Waals surface area (Å²) in [5.74, 6) is 2.35. The molecule has 0 atom stereocenters. The molecular weight excluding hydrogens is 324 g/mol. The SMILES string of the molecule is Cc1ncc(C)n2nc(CCc3nc(-c4nccs4)nn3C)nc12. The van der Waals surface area contributed by atoms with E-state index in [0.29, 0.717) is 12.2 Å². The third kappa shape index (κ3) is 2.56. The average molecular weight is 340 g/mol. The van der Waals surface area contributed by atoms with Crippen LogP contribution in [0.2, 0.25) is 0 Å². The van der Waals surface area contributed by atoms with Crippen molar-refractivity contribution in [2.45, 2.75) is 26.7 Å². The topological polar surface area (TPSA) is 86.7 Å². The molecule has 24 heavy (non-hydrogen) atoms. The molecule has 4 rings (SSSR count). The quantitative estimate of drug-likeness (QED) is 0.563. The molecule has 0 spiro atoms. The van der Waals surface area contributed by atoms with Crippen LogP contribution in [0, 0.1) is 13.8 Å². The molecule has 0 aromatic carbocycles. The van der Waals surface area contributed by atoms with Crippen molar-refractivity contribution in [3.63, 3.8) is 0 Å². The molecule has 4 aromatic heterocycles. The van der Waals surface area contributed by atoms with E-state index in [2.05, 4.69) is 30.1 Å². The summed E-state index contributed by atoms with van der Waals surface area (Å²) in [4.78, 5) is 17.8. The van der Waals surface area contributed by atoms with Crippen LogP contribution in [-0.2, 0) is 19.9 Å². The van der Waals surface area contributed by atoms with Crippen molar-refractivity contribution < 1.29 is 0 Å². The molecule has 8 nitrogen and oxygen atoms in total. The fourth-order valence-electron chi connectivity index (χ4n) is 2.53. The van der Waals surface area contributed by atoms with E-state index < -0.39 is 0 Å². The van der Waals surface area contributed by atoms with E-state index in [0.717, 1.165) is 40.1 Å². The van der Waals surface area contributed by atoms with Gasteiger partial charge in [0.2, 0.25) is 5.82 Å². The van der Waals surface area contributed by atoms with Gasteiger partial charge in [0.1, 0.15) is 5.82 Å². The third-order valence-corrected chi connectivity index (χ3v) is 4.57. The highest BCUT2D eigenvalue weighted by atomic mass is 32.1. The van der Waals surface area contributed by atoms with E-state index in [1.54, 1.807) is 10.9 Å². The Bertz CT molecular complexity index is 959. The van der Waals surface area contributed by atoms with Gasteiger partial charge < -0.3 is 0 Å². The smallest absolute Gasteiger partial charge is 0.210 e. The van der Waals surface area contributed by atoms with E-state index in [-0.39, 0.29) is 0 Å². The average Bonchev–Trinajstić information content (AvgIpc) is 3.28. The Labute approximate surface area is 142 Å². The van der Waals surface area contributed by atoms with Crippen molar-refractivity contribution in [2.24, 2.45) is 7.05 Å². The number of hydrogen-bond acceptors (Lipinski definition) is 7. The van der Waals surface area contributed by atoms with Gasteiger partial charge in [0, 0.05) is 37.7 Å². The monoisotopic (exact) mass is 340 g/mol. The van der Waals surface area contributed by atoms with Gasteiger partial charge in [-0.1, -0.05) is 0 Å². The summed E-state index contributed by atoms with van der Waals surface area (Å²) in [5, 5.41) is 11.8. The number of aryl methyl sites for hydroxylation is 5. The predicted octanol–water partition coefficient (Wildman–Crippen LogP) is 1.78. The van der Waals surface area contributed by atoms with E-state index in [1.165, 1.54) is 11.3 Å². The minimum absolute atomic E-state index is 0.668. The van der Waals surface area contributed by atoms with Crippen LogP contribution in [0.1, 0.15) is 23.0 Å². The van der Waals surface area contributed by atoms with Crippen LogP contribution < -0.4 is 0 Å². The molecule has 0 aliphatic rings. The summed E-state index contributed by atoms with van der Waals surface area (Å²) < 4.78 is 3.64. The molecule has 0 N–H and O–H groups in total. The number of hydrogen-bond donors (Lipinski definition) is 0. The van der Waals surface area contributed by atoms with Crippen LogP contribution in [0.5, 0.6) is 0 Å². The van der Waals surface area contributed by atoms with Crippen molar-refractivity contribution in [3.05, 3.63) is 40.8 Å². The molecule has 0 saturated carbocycles. The zero-order valence-electron chi connectivity index (χ0n) is 13.6.